The standard InChI is InChI=1S/C8H15N3O2/c1-8(2,3)11-7(13)9(4)6(12)10(11)5/h1-5H3. The molecule has 0 spiro atoms. The van der Waals surface area contributed by atoms with Crippen molar-refractivity contribution in [3.05, 3.63) is 21.0 Å². The predicted molar refractivity (Wildman–Crippen MR) is 49.9 cm³/mol. The van der Waals surface area contributed by atoms with Gasteiger partial charge in [0, 0.05) is 14.1 Å². The summed E-state index contributed by atoms with van der Waals surface area (Å²) >= 11 is 0. The fourth-order valence-electron chi connectivity index (χ4n) is 1.39. The van der Waals surface area contributed by atoms with E-state index in [1.807, 2.05) is 20.8 Å². The van der Waals surface area contributed by atoms with Gasteiger partial charge in [-0.25, -0.2) is 23.5 Å². The second-order valence-electron chi connectivity index (χ2n) is 4.13. The van der Waals surface area contributed by atoms with E-state index in [0.29, 0.717) is 0 Å². The zero-order valence-corrected chi connectivity index (χ0v) is 8.66. The van der Waals surface area contributed by atoms with Crippen LogP contribution in [0.15, 0.2) is 9.59 Å². The van der Waals surface area contributed by atoms with Crippen molar-refractivity contribution in [1.29, 1.82) is 0 Å². The maximum atomic E-state index is 11.6. The van der Waals surface area contributed by atoms with Crippen LogP contribution in [0.3, 0.4) is 0 Å². The van der Waals surface area contributed by atoms with Crippen molar-refractivity contribution in [3.8, 4) is 0 Å². The Bertz CT molecular complexity index is 428. The fourth-order valence-corrected chi connectivity index (χ4v) is 1.39. The Labute approximate surface area is 76.2 Å². The minimum absolute atomic E-state index is 0.278. The molecule has 5 heteroatoms. The lowest BCUT2D eigenvalue weighted by Crippen LogP contribution is -2.37. The van der Waals surface area contributed by atoms with E-state index in [4.69, 9.17) is 0 Å². The summed E-state index contributed by atoms with van der Waals surface area (Å²) in [5, 5.41) is 0. The molecule has 0 N–H and O–H groups in total. The Hall–Kier alpha value is -1.26. The molecule has 0 bridgehead atoms. The third-order valence-electron chi connectivity index (χ3n) is 1.97. The Morgan fingerprint density at radius 2 is 1.46 bits per heavy atom. The molecule has 0 atom stereocenters. The van der Waals surface area contributed by atoms with Crippen LogP contribution in [-0.4, -0.2) is 13.9 Å². The summed E-state index contributed by atoms with van der Waals surface area (Å²) in [7, 11) is 3.07. The summed E-state index contributed by atoms with van der Waals surface area (Å²) in [5.41, 5.74) is -0.938. The molecule has 0 aliphatic carbocycles. The van der Waals surface area contributed by atoms with E-state index in [1.165, 1.54) is 16.4 Å². The number of nitrogens with zero attached hydrogens (tertiary/aromatic N) is 3. The van der Waals surface area contributed by atoms with Crippen molar-refractivity contribution in [1.82, 2.24) is 13.9 Å². The van der Waals surface area contributed by atoms with Gasteiger partial charge in [-0.3, -0.25) is 0 Å². The topological polar surface area (TPSA) is 48.9 Å². The second-order valence-corrected chi connectivity index (χ2v) is 4.13. The molecule has 0 aromatic carbocycles. The number of rotatable bonds is 0. The first-order chi connectivity index (χ1) is 5.76. The lowest BCUT2D eigenvalue weighted by molar-refractivity contribution is 0.297. The van der Waals surface area contributed by atoms with Crippen LogP contribution in [0.2, 0.25) is 0 Å². The summed E-state index contributed by atoms with van der Waals surface area (Å²) in [6, 6.07) is 0. The molecular formula is C8H15N3O2. The zero-order valence-electron chi connectivity index (χ0n) is 8.66. The first-order valence-corrected chi connectivity index (χ1v) is 4.12. The Morgan fingerprint density at radius 1 is 1.00 bits per heavy atom. The van der Waals surface area contributed by atoms with Crippen LogP contribution in [-0.2, 0) is 19.6 Å². The molecule has 13 heavy (non-hydrogen) atoms. The van der Waals surface area contributed by atoms with Gasteiger partial charge in [0.15, 0.2) is 0 Å². The van der Waals surface area contributed by atoms with Crippen LogP contribution in [0.4, 0.5) is 0 Å². The molecular weight excluding hydrogens is 170 g/mol. The van der Waals surface area contributed by atoms with Gasteiger partial charge in [-0.05, 0) is 20.8 Å². The number of hydrogen-bond donors (Lipinski definition) is 0. The van der Waals surface area contributed by atoms with E-state index < -0.39 is 0 Å². The van der Waals surface area contributed by atoms with Gasteiger partial charge in [-0.1, -0.05) is 0 Å². The zero-order chi connectivity index (χ0) is 10.4. The molecule has 1 aromatic rings. The first-order valence-electron chi connectivity index (χ1n) is 4.12. The van der Waals surface area contributed by atoms with Crippen molar-refractivity contribution < 1.29 is 0 Å². The maximum absolute atomic E-state index is 11.6. The van der Waals surface area contributed by atoms with Crippen LogP contribution in [0.1, 0.15) is 20.8 Å². The van der Waals surface area contributed by atoms with Gasteiger partial charge in [-0.2, -0.15) is 0 Å². The van der Waals surface area contributed by atoms with Crippen molar-refractivity contribution in [2.75, 3.05) is 0 Å². The minimum atomic E-state index is -0.369. The fraction of sp³-hybridized carbons (Fsp3) is 0.750. The summed E-state index contributed by atoms with van der Waals surface area (Å²) in [5.74, 6) is 0. The quantitative estimate of drug-likeness (QED) is 0.554. The maximum Gasteiger partial charge on any atom is 0.347 e. The van der Waals surface area contributed by atoms with E-state index in [2.05, 4.69) is 0 Å². The lowest BCUT2D eigenvalue weighted by atomic mass is 10.1. The highest BCUT2D eigenvalue weighted by atomic mass is 16.2. The number of aromatic nitrogens is 3. The van der Waals surface area contributed by atoms with E-state index in [-0.39, 0.29) is 16.9 Å². The molecule has 5 nitrogen and oxygen atoms in total. The molecule has 0 saturated heterocycles. The van der Waals surface area contributed by atoms with Gasteiger partial charge in [-0.15, -0.1) is 0 Å². The monoisotopic (exact) mass is 185 g/mol. The van der Waals surface area contributed by atoms with Gasteiger partial charge >= 0.3 is 11.4 Å². The molecule has 0 aliphatic rings. The lowest BCUT2D eigenvalue weighted by Gasteiger charge is -2.20. The van der Waals surface area contributed by atoms with E-state index in [9.17, 15) is 9.59 Å². The van der Waals surface area contributed by atoms with Gasteiger partial charge in [0.05, 0.1) is 5.54 Å². The molecule has 0 fully saturated rings. The second kappa shape index (κ2) is 2.61. The third kappa shape index (κ3) is 1.34. The van der Waals surface area contributed by atoms with Crippen molar-refractivity contribution in [3.63, 3.8) is 0 Å². The summed E-state index contributed by atoms with van der Waals surface area (Å²) in [6.07, 6.45) is 0. The molecule has 0 unspecified atom stereocenters. The van der Waals surface area contributed by atoms with Crippen molar-refractivity contribution >= 4 is 0 Å². The highest BCUT2D eigenvalue weighted by Crippen LogP contribution is 2.07. The first kappa shape index (κ1) is 9.83. The summed E-state index contributed by atoms with van der Waals surface area (Å²) < 4.78 is 3.88. The average molecular weight is 185 g/mol. The predicted octanol–water partition coefficient (Wildman–Crippen LogP) is -0.360. The largest absolute Gasteiger partial charge is 0.347 e. The smallest absolute Gasteiger partial charge is 0.246 e. The van der Waals surface area contributed by atoms with Gasteiger partial charge < -0.3 is 0 Å². The van der Waals surface area contributed by atoms with Gasteiger partial charge in [0.2, 0.25) is 0 Å². The minimum Gasteiger partial charge on any atom is -0.246 e. The summed E-state index contributed by atoms with van der Waals surface area (Å²) in [6.45, 7) is 5.65. The molecule has 0 saturated carbocycles. The van der Waals surface area contributed by atoms with E-state index in [1.54, 1.807) is 7.05 Å². The SMILES string of the molecule is Cn1c(=O)n(C)n(C(C)(C)C)c1=O. The molecule has 1 rings (SSSR count). The van der Waals surface area contributed by atoms with Crippen LogP contribution in [0, 0.1) is 0 Å². The van der Waals surface area contributed by atoms with Gasteiger partial charge in [0.1, 0.15) is 0 Å². The van der Waals surface area contributed by atoms with Crippen LogP contribution < -0.4 is 11.4 Å². The molecule has 0 aliphatic heterocycles. The van der Waals surface area contributed by atoms with Crippen molar-refractivity contribution in [2.45, 2.75) is 26.3 Å². The van der Waals surface area contributed by atoms with E-state index in [0.717, 1.165) is 4.57 Å². The molecule has 0 amide bonds. The Kier molecular flexibility index (Phi) is 1.98. The third-order valence-corrected chi connectivity index (χ3v) is 1.97. The molecule has 0 radical (unpaired) electrons. The summed E-state index contributed by atoms with van der Waals surface area (Å²) in [4.78, 5) is 22.9. The van der Waals surface area contributed by atoms with Crippen molar-refractivity contribution in [2.24, 2.45) is 14.1 Å². The molecule has 1 aromatic heterocycles. The Morgan fingerprint density at radius 3 is 1.62 bits per heavy atom. The molecule has 74 valence electrons. The van der Waals surface area contributed by atoms with E-state index >= 15 is 0 Å². The average Bonchev–Trinajstić information content (AvgIpc) is 2.14. The van der Waals surface area contributed by atoms with Crippen LogP contribution >= 0.6 is 0 Å². The highest BCUT2D eigenvalue weighted by Gasteiger charge is 2.21. The highest BCUT2D eigenvalue weighted by molar-refractivity contribution is 4.79. The normalized spacial score (nSPS) is 12.1. The Balaban J connectivity index is 3.67. The van der Waals surface area contributed by atoms with Crippen LogP contribution in [0.5, 0.6) is 0 Å². The van der Waals surface area contributed by atoms with Crippen LogP contribution in [0.25, 0.3) is 0 Å². The van der Waals surface area contributed by atoms with Gasteiger partial charge in [0.25, 0.3) is 0 Å². The molecule has 1 heterocycles. The number of hydrogen-bond acceptors (Lipinski definition) is 2.